The molecule has 114 valence electrons. The maximum atomic E-state index is 8.83. The van der Waals surface area contributed by atoms with E-state index in [0.717, 1.165) is 18.9 Å². The molecule has 0 spiro atoms. The summed E-state index contributed by atoms with van der Waals surface area (Å²) in [7, 11) is 1.77. The fraction of sp³-hybridized carbons (Fsp3) is 0.923. The summed E-state index contributed by atoms with van der Waals surface area (Å²) in [5.74, 6) is 0.766. The van der Waals surface area contributed by atoms with Crippen LogP contribution in [-0.4, -0.2) is 49.5 Å². The number of nitrogens with one attached hydrogen (secondary N) is 2. The Hall–Kier alpha value is -0.0800. The number of methoxy groups -OCH3 is 1. The van der Waals surface area contributed by atoms with Crippen molar-refractivity contribution in [3.63, 3.8) is 0 Å². The van der Waals surface area contributed by atoms with E-state index >= 15 is 0 Å². The van der Waals surface area contributed by atoms with E-state index < -0.39 is 0 Å². The molecular formula is C13H28IN3O2. The summed E-state index contributed by atoms with van der Waals surface area (Å²) in [5, 5.41) is 15.4. The highest BCUT2D eigenvalue weighted by Gasteiger charge is 2.57. The van der Waals surface area contributed by atoms with Gasteiger partial charge < -0.3 is 20.5 Å². The molecule has 0 bridgehead atoms. The smallest absolute Gasteiger partial charge is 0.191 e. The van der Waals surface area contributed by atoms with Gasteiger partial charge in [-0.1, -0.05) is 13.8 Å². The monoisotopic (exact) mass is 385 g/mol. The first-order chi connectivity index (χ1) is 8.41. The molecular weight excluding hydrogens is 357 g/mol. The Morgan fingerprint density at radius 3 is 2.47 bits per heavy atom. The summed E-state index contributed by atoms with van der Waals surface area (Å²) in [6.07, 6.45) is 0.958. The zero-order valence-corrected chi connectivity index (χ0v) is 14.9. The Bertz CT molecular complexity index is 310. The van der Waals surface area contributed by atoms with Crippen molar-refractivity contribution < 1.29 is 9.84 Å². The Kier molecular flexibility index (Phi) is 7.60. The van der Waals surface area contributed by atoms with Gasteiger partial charge >= 0.3 is 0 Å². The normalized spacial score (nSPS) is 29.2. The summed E-state index contributed by atoms with van der Waals surface area (Å²) in [6, 6.07) is 0.332. The molecule has 0 amide bonds. The van der Waals surface area contributed by atoms with Gasteiger partial charge in [0.05, 0.1) is 18.8 Å². The number of hydrogen-bond acceptors (Lipinski definition) is 3. The van der Waals surface area contributed by atoms with Crippen LogP contribution in [0.15, 0.2) is 4.99 Å². The summed E-state index contributed by atoms with van der Waals surface area (Å²) in [5.41, 5.74) is -0.0316. The van der Waals surface area contributed by atoms with E-state index in [1.807, 2.05) is 6.92 Å². The molecule has 0 saturated heterocycles. The number of aliphatic hydroxyl groups excluding tert-OH is 1. The number of halogens is 1. The summed E-state index contributed by atoms with van der Waals surface area (Å²) >= 11 is 0. The Morgan fingerprint density at radius 2 is 2.05 bits per heavy atom. The van der Waals surface area contributed by atoms with Crippen molar-refractivity contribution in [2.75, 3.05) is 26.8 Å². The third-order valence-corrected chi connectivity index (χ3v) is 4.30. The molecule has 0 aliphatic heterocycles. The highest BCUT2D eigenvalue weighted by molar-refractivity contribution is 14.0. The van der Waals surface area contributed by atoms with Crippen LogP contribution in [0.3, 0.4) is 0 Å². The van der Waals surface area contributed by atoms with E-state index in [1.54, 1.807) is 7.11 Å². The molecule has 2 unspecified atom stereocenters. The number of guanidine groups is 1. The van der Waals surface area contributed by atoms with E-state index in [0.29, 0.717) is 12.6 Å². The first kappa shape index (κ1) is 18.9. The van der Waals surface area contributed by atoms with E-state index in [2.05, 4.69) is 36.4 Å². The lowest BCUT2D eigenvalue weighted by atomic mass is 9.56. The first-order valence-electron chi connectivity index (χ1n) is 6.62. The second-order valence-electron chi connectivity index (χ2n) is 5.54. The second-order valence-corrected chi connectivity index (χ2v) is 5.54. The van der Waals surface area contributed by atoms with E-state index in [-0.39, 0.29) is 41.6 Å². The lowest BCUT2D eigenvalue weighted by molar-refractivity contribution is -0.176. The van der Waals surface area contributed by atoms with Crippen molar-refractivity contribution in [2.24, 2.45) is 10.4 Å². The second kappa shape index (κ2) is 7.64. The molecule has 0 aromatic rings. The van der Waals surface area contributed by atoms with E-state index in [9.17, 15) is 0 Å². The first-order valence-corrected chi connectivity index (χ1v) is 6.62. The van der Waals surface area contributed by atoms with Gasteiger partial charge in [0.15, 0.2) is 5.96 Å². The fourth-order valence-corrected chi connectivity index (χ4v) is 2.37. The van der Waals surface area contributed by atoms with Crippen LogP contribution in [0, 0.1) is 5.41 Å². The maximum absolute atomic E-state index is 8.83. The van der Waals surface area contributed by atoms with E-state index in [4.69, 9.17) is 9.84 Å². The van der Waals surface area contributed by atoms with Crippen LogP contribution < -0.4 is 10.6 Å². The molecule has 0 aromatic heterocycles. The number of rotatable bonds is 5. The number of ether oxygens (including phenoxy) is 1. The number of aliphatic imine (C=N–C) groups is 1. The Morgan fingerprint density at radius 1 is 1.42 bits per heavy atom. The van der Waals surface area contributed by atoms with Gasteiger partial charge in [0.2, 0.25) is 0 Å². The van der Waals surface area contributed by atoms with Crippen molar-refractivity contribution in [3.05, 3.63) is 0 Å². The standard InChI is InChI=1S/C13H27N3O2.HI/c1-6-14-11(15-7-8-17)16-10-9-13(4,18-5)12(10,2)3;/h10,17H,6-9H2,1-5H3,(H2,14,15,16);1H. The predicted octanol–water partition coefficient (Wildman–Crippen LogP) is 1.36. The van der Waals surface area contributed by atoms with E-state index in [1.165, 1.54) is 0 Å². The largest absolute Gasteiger partial charge is 0.394 e. The molecule has 0 radical (unpaired) electrons. The predicted molar refractivity (Wildman–Crippen MR) is 89.2 cm³/mol. The van der Waals surface area contributed by atoms with Gasteiger partial charge in [-0.05, 0) is 20.3 Å². The molecule has 1 rings (SSSR count). The minimum absolute atomic E-state index is 0. The number of aliphatic hydroxyl groups is 1. The van der Waals surface area contributed by atoms with Crippen LogP contribution in [0.25, 0.3) is 0 Å². The molecule has 2 atom stereocenters. The van der Waals surface area contributed by atoms with Crippen molar-refractivity contribution in [2.45, 2.75) is 45.8 Å². The zero-order valence-electron chi connectivity index (χ0n) is 12.6. The van der Waals surface area contributed by atoms with Gasteiger partial charge in [0, 0.05) is 25.1 Å². The Labute approximate surface area is 133 Å². The molecule has 1 aliphatic carbocycles. The third kappa shape index (κ3) is 3.95. The fourth-order valence-electron chi connectivity index (χ4n) is 2.37. The molecule has 1 fully saturated rings. The number of hydrogen-bond donors (Lipinski definition) is 3. The molecule has 6 heteroatoms. The van der Waals surface area contributed by atoms with Gasteiger partial charge in [-0.3, -0.25) is 4.99 Å². The third-order valence-electron chi connectivity index (χ3n) is 4.30. The average Bonchev–Trinajstić information content (AvgIpc) is 2.35. The van der Waals surface area contributed by atoms with Gasteiger partial charge in [-0.15, -0.1) is 24.0 Å². The van der Waals surface area contributed by atoms with Crippen LogP contribution in [0.4, 0.5) is 0 Å². The Balaban J connectivity index is 0.00000324. The minimum Gasteiger partial charge on any atom is -0.394 e. The number of nitrogens with zero attached hydrogens (tertiary/aromatic N) is 1. The van der Waals surface area contributed by atoms with Gasteiger partial charge in [0.25, 0.3) is 0 Å². The van der Waals surface area contributed by atoms with Crippen LogP contribution in [-0.2, 0) is 4.74 Å². The molecule has 5 nitrogen and oxygen atoms in total. The van der Waals surface area contributed by atoms with Crippen molar-refractivity contribution in [1.82, 2.24) is 10.6 Å². The topological polar surface area (TPSA) is 65.9 Å². The minimum atomic E-state index is -0.0844. The molecule has 0 aromatic carbocycles. The van der Waals surface area contributed by atoms with Gasteiger partial charge in [-0.25, -0.2) is 0 Å². The van der Waals surface area contributed by atoms with Crippen LogP contribution in [0.5, 0.6) is 0 Å². The highest BCUT2D eigenvalue weighted by atomic mass is 127. The quantitative estimate of drug-likeness (QED) is 0.380. The lowest BCUT2D eigenvalue weighted by Gasteiger charge is -2.59. The maximum Gasteiger partial charge on any atom is 0.191 e. The molecule has 1 aliphatic rings. The van der Waals surface area contributed by atoms with Crippen molar-refractivity contribution in [3.8, 4) is 0 Å². The summed E-state index contributed by atoms with van der Waals surface area (Å²) in [4.78, 5) is 4.30. The zero-order chi connectivity index (χ0) is 13.8. The molecule has 3 N–H and O–H groups in total. The van der Waals surface area contributed by atoms with Crippen LogP contribution in [0.1, 0.15) is 34.1 Å². The van der Waals surface area contributed by atoms with Gasteiger partial charge in [0.1, 0.15) is 0 Å². The molecule has 1 saturated carbocycles. The summed E-state index contributed by atoms with van der Waals surface area (Å²) in [6.45, 7) is 9.88. The van der Waals surface area contributed by atoms with Crippen LogP contribution in [0.2, 0.25) is 0 Å². The molecule has 0 heterocycles. The summed E-state index contributed by atoms with van der Waals surface area (Å²) < 4.78 is 5.60. The van der Waals surface area contributed by atoms with Gasteiger partial charge in [-0.2, -0.15) is 0 Å². The highest BCUT2D eigenvalue weighted by Crippen LogP contribution is 2.51. The molecule has 19 heavy (non-hydrogen) atoms. The average molecular weight is 385 g/mol. The van der Waals surface area contributed by atoms with Crippen molar-refractivity contribution >= 4 is 29.9 Å². The lowest BCUT2D eigenvalue weighted by Crippen LogP contribution is -2.69. The van der Waals surface area contributed by atoms with Crippen molar-refractivity contribution in [1.29, 1.82) is 0 Å². The van der Waals surface area contributed by atoms with Crippen LogP contribution >= 0.6 is 24.0 Å². The SMILES string of the molecule is CCNC(=NCCO)NC1CC(C)(OC)C1(C)C.I.